The summed E-state index contributed by atoms with van der Waals surface area (Å²) in [5, 5.41) is 3.68. The molecule has 0 radical (unpaired) electrons. The van der Waals surface area contributed by atoms with Crippen LogP contribution in [0.25, 0.3) is 0 Å². The van der Waals surface area contributed by atoms with Crippen LogP contribution >= 0.6 is 0 Å². The van der Waals surface area contributed by atoms with E-state index in [-0.39, 0.29) is 0 Å². The molecule has 104 valence electrons. The number of para-hydroxylation sites is 1. The standard InChI is InChI=1S/C15H23N3O/c1-17-7-8-18-11-14(16-9-12(18)10-17)13-5-3-4-6-15(13)19-2/h3-6,12,14,16H,7-11H2,1-2H3. The Kier molecular flexibility index (Phi) is 3.73. The molecule has 1 aromatic carbocycles. The average Bonchev–Trinajstić information content (AvgIpc) is 2.46. The number of likely N-dealkylation sites (N-methyl/N-ethyl adjacent to an activating group) is 1. The first-order valence-corrected chi connectivity index (χ1v) is 7.07. The number of fused-ring (bicyclic) bond motifs is 1. The Morgan fingerprint density at radius 2 is 2.05 bits per heavy atom. The Labute approximate surface area is 115 Å². The van der Waals surface area contributed by atoms with Crippen molar-refractivity contribution in [3.8, 4) is 5.75 Å². The van der Waals surface area contributed by atoms with Gasteiger partial charge in [0.1, 0.15) is 5.75 Å². The van der Waals surface area contributed by atoms with Crippen LogP contribution in [-0.2, 0) is 0 Å². The Morgan fingerprint density at radius 3 is 2.89 bits per heavy atom. The zero-order chi connectivity index (χ0) is 13.2. The van der Waals surface area contributed by atoms with Crippen LogP contribution in [0.4, 0.5) is 0 Å². The van der Waals surface area contributed by atoms with E-state index >= 15 is 0 Å². The van der Waals surface area contributed by atoms with Gasteiger partial charge < -0.3 is 15.0 Å². The molecule has 3 rings (SSSR count). The minimum atomic E-state index is 0.385. The van der Waals surface area contributed by atoms with E-state index in [4.69, 9.17) is 4.74 Å². The van der Waals surface area contributed by atoms with Crippen LogP contribution in [0.1, 0.15) is 11.6 Å². The Balaban J connectivity index is 1.74. The summed E-state index contributed by atoms with van der Waals surface area (Å²) in [5.41, 5.74) is 1.28. The third kappa shape index (κ3) is 2.61. The molecule has 2 atom stereocenters. The Morgan fingerprint density at radius 1 is 1.21 bits per heavy atom. The van der Waals surface area contributed by atoms with E-state index in [1.807, 2.05) is 12.1 Å². The number of hydrogen-bond acceptors (Lipinski definition) is 4. The Bertz CT molecular complexity index is 437. The lowest BCUT2D eigenvalue weighted by molar-refractivity contribution is 0.0534. The monoisotopic (exact) mass is 261 g/mol. The number of ether oxygens (including phenoxy) is 1. The van der Waals surface area contributed by atoms with Crippen LogP contribution in [0.2, 0.25) is 0 Å². The normalized spacial score (nSPS) is 28.9. The van der Waals surface area contributed by atoms with E-state index in [0.717, 1.165) is 18.8 Å². The summed E-state index contributed by atoms with van der Waals surface area (Å²) < 4.78 is 5.48. The van der Waals surface area contributed by atoms with E-state index in [9.17, 15) is 0 Å². The zero-order valence-corrected chi connectivity index (χ0v) is 11.8. The maximum Gasteiger partial charge on any atom is 0.123 e. The van der Waals surface area contributed by atoms with E-state index in [2.05, 4.69) is 34.3 Å². The van der Waals surface area contributed by atoms with Crippen molar-refractivity contribution in [1.82, 2.24) is 15.1 Å². The summed E-state index contributed by atoms with van der Waals surface area (Å²) in [4.78, 5) is 5.04. The Hall–Kier alpha value is -1.10. The molecule has 4 heteroatoms. The van der Waals surface area contributed by atoms with Gasteiger partial charge in [-0.05, 0) is 13.1 Å². The quantitative estimate of drug-likeness (QED) is 0.858. The van der Waals surface area contributed by atoms with Crippen LogP contribution in [0, 0.1) is 0 Å². The zero-order valence-electron chi connectivity index (χ0n) is 11.8. The van der Waals surface area contributed by atoms with Crippen LogP contribution in [-0.4, -0.2) is 62.7 Å². The second-order valence-corrected chi connectivity index (χ2v) is 5.61. The minimum Gasteiger partial charge on any atom is -0.496 e. The number of methoxy groups -OCH3 is 1. The fraction of sp³-hybridized carbons (Fsp3) is 0.600. The molecule has 2 unspecified atom stereocenters. The van der Waals surface area contributed by atoms with Gasteiger partial charge in [0, 0.05) is 50.4 Å². The smallest absolute Gasteiger partial charge is 0.123 e. The molecule has 0 saturated carbocycles. The van der Waals surface area contributed by atoms with Gasteiger partial charge in [-0.2, -0.15) is 0 Å². The number of nitrogens with one attached hydrogen (secondary N) is 1. The van der Waals surface area contributed by atoms with Crippen molar-refractivity contribution < 1.29 is 4.74 Å². The summed E-state index contributed by atoms with van der Waals surface area (Å²) >= 11 is 0. The van der Waals surface area contributed by atoms with E-state index in [1.54, 1.807) is 7.11 Å². The summed E-state index contributed by atoms with van der Waals surface area (Å²) in [6.07, 6.45) is 0. The molecular formula is C15H23N3O. The van der Waals surface area contributed by atoms with Crippen molar-refractivity contribution in [1.29, 1.82) is 0 Å². The predicted octanol–water partition coefficient (Wildman–Crippen LogP) is 0.955. The highest BCUT2D eigenvalue weighted by molar-refractivity contribution is 5.36. The minimum absolute atomic E-state index is 0.385. The molecule has 1 aromatic rings. The summed E-state index contributed by atoms with van der Waals surface area (Å²) in [6, 6.07) is 9.39. The van der Waals surface area contributed by atoms with Crippen molar-refractivity contribution in [3.05, 3.63) is 29.8 Å². The third-order valence-corrected chi connectivity index (χ3v) is 4.34. The van der Waals surface area contributed by atoms with Gasteiger partial charge in [0.15, 0.2) is 0 Å². The van der Waals surface area contributed by atoms with Crippen LogP contribution < -0.4 is 10.1 Å². The highest BCUT2D eigenvalue weighted by atomic mass is 16.5. The lowest BCUT2D eigenvalue weighted by Crippen LogP contribution is -2.61. The van der Waals surface area contributed by atoms with E-state index < -0.39 is 0 Å². The van der Waals surface area contributed by atoms with Gasteiger partial charge in [0.05, 0.1) is 7.11 Å². The molecule has 2 aliphatic heterocycles. The highest BCUT2D eigenvalue weighted by Gasteiger charge is 2.32. The lowest BCUT2D eigenvalue weighted by atomic mass is 9.99. The van der Waals surface area contributed by atoms with Gasteiger partial charge in [-0.1, -0.05) is 18.2 Å². The number of rotatable bonds is 2. The molecule has 19 heavy (non-hydrogen) atoms. The average molecular weight is 261 g/mol. The van der Waals surface area contributed by atoms with Gasteiger partial charge >= 0.3 is 0 Å². The van der Waals surface area contributed by atoms with Crippen LogP contribution in [0.3, 0.4) is 0 Å². The number of piperazine rings is 2. The molecule has 0 aromatic heterocycles. The molecule has 4 nitrogen and oxygen atoms in total. The van der Waals surface area contributed by atoms with Gasteiger partial charge in [-0.3, -0.25) is 4.90 Å². The maximum absolute atomic E-state index is 5.48. The fourth-order valence-corrected chi connectivity index (χ4v) is 3.22. The van der Waals surface area contributed by atoms with Crippen molar-refractivity contribution in [2.75, 3.05) is 46.9 Å². The van der Waals surface area contributed by atoms with E-state index in [0.29, 0.717) is 12.1 Å². The first-order chi connectivity index (χ1) is 9.28. The number of hydrogen-bond donors (Lipinski definition) is 1. The molecule has 2 saturated heterocycles. The SMILES string of the molecule is COc1ccccc1C1CN2CCN(C)CC2CN1. The van der Waals surface area contributed by atoms with Gasteiger partial charge in [0.2, 0.25) is 0 Å². The molecule has 2 aliphatic rings. The molecule has 0 aliphatic carbocycles. The fourth-order valence-electron chi connectivity index (χ4n) is 3.22. The molecular weight excluding hydrogens is 238 g/mol. The third-order valence-electron chi connectivity index (χ3n) is 4.34. The first kappa shape index (κ1) is 12.9. The molecule has 1 N–H and O–H groups in total. The molecule has 0 amide bonds. The second kappa shape index (κ2) is 5.49. The van der Waals surface area contributed by atoms with Gasteiger partial charge in [-0.15, -0.1) is 0 Å². The number of nitrogens with zero attached hydrogens (tertiary/aromatic N) is 2. The first-order valence-electron chi connectivity index (χ1n) is 7.07. The van der Waals surface area contributed by atoms with E-state index in [1.165, 1.54) is 25.2 Å². The largest absolute Gasteiger partial charge is 0.496 e. The maximum atomic E-state index is 5.48. The topological polar surface area (TPSA) is 27.7 Å². The predicted molar refractivity (Wildman–Crippen MR) is 76.6 cm³/mol. The lowest BCUT2D eigenvalue weighted by Gasteiger charge is -2.46. The van der Waals surface area contributed by atoms with Crippen molar-refractivity contribution in [3.63, 3.8) is 0 Å². The highest BCUT2D eigenvalue weighted by Crippen LogP contribution is 2.28. The van der Waals surface area contributed by atoms with Crippen LogP contribution in [0.5, 0.6) is 5.75 Å². The van der Waals surface area contributed by atoms with Crippen molar-refractivity contribution in [2.45, 2.75) is 12.1 Å². The van der Waals surface area contributed by atoms with Crippen molar-refractivity contribution >= 4 is 0 Å². The van der Waals surface area contributed by atoms with Gasteiger partial charge in [0.25, 0.3) is 0 Å². The summed E-state index contributed by atoms with van der Waals surface area (Å²) in [5.74, 6) is 0.993. The van der Waals surface area contributed by atoms with Crippen molar-refractivity contribution in [2.24, 2.45) is 0 Å². The summed E-state index contributed by atoms with van der Waals surface area (Å²) in [7, 11) is 3.96. The molecule has 2 fully saturated rings. The molecule has 0 spiro atoms. The molecule has 0 bridgehead atoms. The van der Waals surface area contributed by atoms with Gasteiger partial charge in [-0.25, -0.2) is 0 Å². The number of benzene rings is 1. The second-order valence-electron chi connectivity index (χ2n) is 5.61. The van der Waals surface area contributed by atoms with Crippen LogP contribution in [0.15, 0.2) is 24.3 Å². The molecule has 2 heterocycles. The summed E-state index contributed by atoms with van der Waals surface area (Å²) in [6.45, 7) is 5.67.